The SMILES string of the molecule is O=C(Cn1c(=O)c2cccn2c2cccnc21)NCCCN1CCC(c2ccccc2)CC1. The lowest BCUT2D eigenvalue weighted by Gasteiger charge is -2.32. The molecular formula is C26H29N5O2. The molecule has 1 fully saturated rings. The summed E-state index contributed by atoms with van der Waals surface area (Å²) in [5.74, 6) is 0.490. The summed E-state index contributed by atoms with van der Waals surface area (Å²) in [6.07, 6.45) is 6.75. The predicted molar refractivity (Wildman–Crippen MR) is 129 cm³/mol. The Hall–Kier alpha value is -3.45. The Morgan fingerprint density at radius 3 is 2.61 bits per heavy atom. The van der Waals surface area contributed by atoms with Gasteiger partial charge in [-0.1, -0.05) is 30.3 Å². The molecule has 3 aromatic heterocycles. The van der Waals surface area contributed by atoms with E-state index in [4.69, 9.17) is 0 Å². The van der Waals surface area contributed by atoms with Crippen LogP contribution in [0.3, 0.4) is 0 Å². The van der Waals surface area contributed by atoms with E-state index >= 15 is 0 Å². The van der Waals surface area contributed by atoms with Crippen molar-refractivity contribution in [2.24, 2.45) is 0 Å². The molecule has 7 nitrogen and oxygen atoms in total. The maximum atomic E-state index is 12.9. The number of carbonyl (C=O) groups is 1. The topological polar surface area (TPSA) is 71.6 Å². The Labute approximate surface area is 192 Å². The average Bonchev–Trinajstić information content (AvgIpc) is 3.36. The number of nitrogens with one attached hydrogen (secondary N) is 1. The van der Waals surface area contributed by atoms with E-state index in [0.717, 1.165) is 31.6 Å². The van der Waals surface area contributed by atoms with Gasteiger partial charge in [-0.25, -0.2) is 4.98 Å². The van der Waals surface area contributed by atoms with Crippen LogP contribution in [0.4, 0.5) is 0 Å². The zero-order chi connectivity index (χ0) is 22.6. The van der Waals surface area contributed by atoms with Gasteiger partial charge in [-0.2, -0.15) is 0 Å². The number of nitrogens with zero attached hydrogens (tertiary/aromatic N) is 4. The van der Waals surface area contributed by atoms with Crippen molar-refractivity contribution in [3.05, 3.63) is 82.9 Å². The van der Waals surface area contributed by atoms with Crippen LogP contribution < -0.4 is 10.9 Å². The van der Waals surface area contributed by atoms with Crippen LogP contribution in [-0.2, 0) is 11.3 Å². The first kappa shape index (κ1) is 21.4. The predicted octanol–water partition coefficient (Wildman–Crippen LogP) is 3.04. The van der Waals surface area contributed by atoms with Crippen molar-refractivity contribution in [2.45, 2.75) is 31.7 Å². The second-order valence-electron chi connectivity index (χ2n) is 8.73. The maximum Gasteiger partial charge on any atom is 0.276 e. The Kier molecular flexibility index (Phi) is 6.21. The zero-order valence-electron chi connectivity index (χ0n) is 18.7. The van der Waals surface area contributed by atoms with Gasteiger partial charge in [-0.3, -0.25) is 14.2 Å². The summed E-state index contributed by atoms with van der Waals surface area (Å²) in [7, 11) is 0. The number of amides is 1. The third kappa shape index (κ3) is 4.54. The van der Waals surface area contributed by atoms with Gasteiger partial charge in [0.05, 0.1) is 5.52 Å². The summed E-state index contributed by atoms with van der Waals surface area (Å²) in [6.45, 7) is 3.74. The molecule has 4 heterocycles. The van der Waals surface area contributed by atoms with Crippen molar-refractivity contribution < 1.29 is 4.79 Å². The highest BCUT2D eigenvalue weighted by molar-refractivity contribution is 5.80. The molecule has 0 saturated carbocycles. The monoisotopic (exact) mass is 443 g/mol. The van der Waals surface area contributed by atoms with Crippen LogP contribution in [-0.4, -0.2) is 50.9 Å². The van der Waals surface area contributed by atoms with Gasteiger partial charge < -0.3 is 14.6 Å². The smallest absolute Gasteiger partial charge is 0.276 e. The number of hydrogen-bond acceptors (Lipinski definition) is 4. The molecule has 1 saturated heterocycles. The number of pyridine rings is 1. The Bertz CT molecular complexity index is 1300. The quantitative estimate of drug-likeness (QED) is 0.446. The molecule has 0 spiro atoms. The fourth-order valence-electron chi connectivity index (χ4n) is 4.88. The fourth-order valence-corrected chi connectivity index (χ4v) is 4.88. The van der Waals surface area contributed by atoms with Crippen molar-refractivity contribution >= 4 is 22.6 Å². The molecule has 1 aliphatic rings. The van der Waals surface area contributed by atoms with Gasteiger partial charge in [-0.05, 0) is 74.6 Å². The summed E-state index contributed by atoms with van der Waals surface area (Å²) in [5.41, 5.74) is 3.11. The summed E-state index contributed by atoms with van der Waals surface area (Å²) in [5, 5.41) is 2.98. The van der Waals surface area contributed by atoms with E-state index in [1.54, 1.807) is 12.3 Å². The molecule has 1 aromatic carbocycles. The van der Waals surface area contributed by atoms with Crippen molar-refractivity contribution in [1.29, 1.82) is 0 Å². The molecule has 1 aliphatic heterocycles. The van der Waals surface area contributed by atoms with Gasteiger partial charge in [0, 0.05) is 18.9 Å². The second-order valence-corrected chi connectivity index (χ2v) is 8.73. The van der Waals surface area contributed by atoms with E-state index in [0.29, 0.717) is 23.6 Å². The van der Waals surface area contributed by atoms with Crippen LogP contribution in [0, 0.1) is 0 Å². The zero-order valence-corrected chi connectivity index (χ0v) is 18.7. The molecule has 4 aromatic rings. The summed E-state index contributed by atoms with van der Waals surface area (Å²) >= 11 is 0. The standard InChI is InChI=1S/C26H29N5O2/c32-24(19-31-25-22(9-4-13-28-25)30-16-5-10-23(30)26(31)33)27-14-6-15-29-17-11-21(12-18-29)20-7-2-1-3-8-20/h1-5,7-10,13,16,21H,6,11-12,14-15,17-19H2,(H,27,32). The highest BCUT2D eigenvalue weighted by atomic mass is 16.2. The number of hydrogen-bond donors (Lipinski definition) is 1. The van der Waals surface area contributed by atoms with Gasteiger partial charge >= 0.3 is 0 Å². The van der Waals surface area contributed by atoms with Crippen molar-refractivity contribution in [3.8, 4) is 0 Å². The summed E-state index contributed by atoms with van der Waals surface area (Å²) in [6, 6.07) is 18.1. The summed E-state index contributed by atoms with van der Waals surface area (Å²) < 4.78 is 3.29. The first-order valence-corrected chi connectivity index (χ1v) is 11.7. The lowest BCUT2D eigenvalue weighted by atomic mass is 9.89. The van der Waals surface area contributed by atoms with E-state index < -0.39 is 0 Å². The molecule has 0 radical (unpaired) electrons. The van der Waals surface area contributed by atoms with Gasteiger partial charge in [0.1, 0.15) is 12.1 Å². The van der Waals surface area contributed by atoms with Crippen LogP contribution in [0.15, 0.2) is 71.8 Å². The van der Waals surface area contributed by atoms with Crippen LogP contribution >= 0.6 is 0 Å². The van der Waals surface area contributed by atoms with Crippen LogP contribution in [0.5, 0.6) is 0 Å². The van der Waals surface area contributed by atoms with Crippen LogP contribution in [0.2, 0.25) is 0 Å². The van der Waals surface area contributed by atoms with Crippen molar-refractivity contribution in [1.82, 2.24) is 24.2 Å². The molecule has 5 rings (SSSR count). The van der Waals surface area contributed by atoms with E-state index in [1.165, 1.54) is 23.0 Å². The van der Waals surface area contributed by atoms with Gasteiger partial charge in [-0.15, -0.1) is 0 Å². The molecule has 7 heteroatoms. The molecule has 0 atom stereocenters. The number of piperidine rings is 1. The van der Waals surface area contributed by atoms with E-state index in [2.05, 4.69) is 45.5 Å². The highest BCUT2D eigenvalue weighted by Crippen LogP contribution is 2.27. The Balaban J connectivity index is 1.13. The Morgan fingerprint density at radius 2 is 1.79 bits per heavy atom. The van der Waals surface area contributed by atoms with Crippen LogP contribution in [0.1, 0.15) is 30.7 Å². The van der Waals surface area contributed by atoms with Gasteiger partial charge in [0.15, 0.2) is 5.65 Å². The molecule has 0 unspecified atom stereocenters. The lowest BCUT2D eigenvalue weighted by molar-refractivity contribution is -0.121. The van der Waals surface area contributed by atoms with E-state index in [1.807, 2.05) is 28.8 Å². The van der Waals surface area contributed by atoms with Gasteiger partial charge in [0.2, 0.25) is 5.91 Å². The third-order valence-electron chi connectivity index (χ3n) is 6.63. The van der Waals surface area contributed by atoms with E-state index in [-0.39, 0.29) is 18.0 Å². The number of benzene rings is 1. The first-order chi connectivity index (χ1) is 16.2. The average molecular weight is 444 g/mol. The number of carbonyl (C=O) groups excluding carboxylic acids is 1. The number of fused-ring (bicyclic) bond motifs is 3. The fraction of sp³-hybridized carbons (Fsp3) is 0.346. The molecule has 0 aliphatic carbocycles. The minimum atomic E-state index is -0.206. The highest BCUT2D eigenvalue weighted by Gasteiger charge is 2.20. The maximum absolute atomic E-state index is 12.9. The second kappa shape index (κ2) is 9.58. The molecule has 33 heavy (non-hydrogen) atoms. The molecule has 1 amide bonds. The minimum absolute atomic E-state index is 0.0313. The minimum Gasteiger partial charge on any atom is -0.354 e. The molecule has 170 valence electrons. The molecule has 1 N–H and O–H groups in total. The Morgan fingerprint density at radius 1 is 1.00 bits per heavy atom. The third-order valence-corrected chi connectivity index (χ3v) is 6.63. The van der Waals surface area contributed by atoms with Gasteiger partial charge in [0.25, 0.3) is 5.56 Å². The largest absolute Gasteiger partial charge is 0.354 e. The normalized spacial score (nSPS) is 15.3. The van der Waals surface area contributed by atoms with Crippen molar-refractivity contribution in [3.63, 3.8) is 0 Å². The summed E-state index contributed by atoms with van der Waals surface area (Å²) in [4.78, 5) is 32.4. The number of likely N-dealkylation sites (tertiary alicyclic amines) is 1. The first-order valence-electron chi connectivity index (χ1n) is 11.7. The lowest BCUT2D eigenvalue weighted by Crippen LogP contribution is -2.37. The van der Waals surface area contributed by atoms with Crippen LogP contribution in [0.25, 0.3) is 16.7 Å². The molecule has 0 bridgehead atoms. The number of rotatable bonds is 7. The van der Waals surface area contributed by atoms with E-state index in [9.17, 15) is 9.59 Å². The van der Waals surface area contributed by atoms with Crippen molar-refractivity contribution in [2.75, 3.05) is 26.2 Å². The molecular weight excluding hydrogens is 414 g/mol. The number of aromatic nitrogens is 3.